The minimum absolute atomic E-state index is 0.132. The van der Waals surface area contributed by atoms with Crippen LogP contribution in [0.1, 0.15) is 52.4 Å². The van der Waals surface area contributed by atoms with Crippen LogP contribution in [0.5, 0.6) is 0 Å². The molecule has 0 bridgehead atoms. The first-order chi connectivity index (χ1) is 7.61. The van der Waals surface area contributed by atoms with E-state index in [1.54, 1.807) is 0 Å². The summed E-state index contributed by atoms with van der Waals surface area (Å²) in [5, 5.41) is 3.27. The topological polar surface area (TPSA) is 46.2 Å². The van der Waals surface area contributed by atoms with Crippen molar-refractivity contribution in [3.8, 4) is 0 Å². The van der Waals surface area contributed by atoms with Gasteiger partial charge in [0.05, 0.1) is 11.0 Å². The van der Waals surface area contributed by atoms with Crippen molar-refractivity contribution in [3.63, 3.8) is 0 Å². The first-order valence-electron chi connectivity index (χ1n) is 6.56. The maximum absolute atomic E-state index is 12.1. The average Bonchev–Trinajstić information content (AvgIpc) is 2.26. The van der Waals surface area contributed by atoms with Gasteiger partial charge in [-0.3, -0.25) is 0 Å². The third-order valence-corrected chi connectivity index (χ3v) is 5.77. The normalized spacial score (nSPS) is 26.9. The monoisotopic (exact) mass is 247 g/mol. The van der Waals surface area contributed by atoms with Gasteiger partial charge in [0.15, 0.2) is 9.84 Å². The smallest absolute Gasteiger partial charge is 0.154 e. The Balaban J connectivity index is 2.65. The largest absolute Gasteiger partial charge is 0.313 e. The molecule has 2 atom stereocenters. The van der Waals surface area contributed by atoms with E-state index in [1.165, 1.54) is 6.42 Å². The molecule has 0 aromatic heterocycles. The van der Waals surface area contributed by atoms with Gasteiger partial charge in [0.25, 0.3) is 0 Å². The third-order valence-electron chi connectivity index (χ3n) is 3.31. The zero-order valence-corrected chi connectivity index (χ0v) is 11.4. The summed E-state index contributed by atoms with van der Waals surface area (Å²) in [6, 6.07) is 0.199. The molecule has 1 fully saturated rings. The second-order valence-corrected chi connectivity index (χ2v) is 7.09. The molecule has 3 nitrogen and oxygen atoms in total. The number of nitrogens with one attached hydrogen (secondary N) is 1. The predicted octanol–water partition coefficient (Wildman–Crippen LogP) is 2.12. The Morgan fingerprint density at radius 1 is 1.12 bits per heavy atom. The molecule has 96 valence electrons. The van der Waals surface area contributed by atoms with Crippen molar-refractivity contribution in [1.82, 2.24) is 5.32 Å². The molecule has 1 rings (SSSR count). The standard InChI is InChI=1S/C12H25NO2S/c1-3-9-13-11-7-5-6-8-12(11)16(14,15)10-4-2/h11-13H,3-10H2,1-2H3. The molecule has 0 aliphatic heterocycles. The molecule has 1 N–H and O–H groups in total. The molecule has 0 aromatic rings. The molecule has 0 amide bonds. The second kappa shape index (κ2) is 6.60. The Morgan fingerprint density at radius 3 is 2.44 bits per heavy atom. The van der Waals surface area contributed by atoms with Crippen molar-refractivity contribution < 1.29 is 8.42 Å². The number of sulfone groups is 1. The molecule has 0 heterocycles. The van der Waals surface area contributed by atoms with Gasteiger partial charge in [0, 0.05) is 6.04 Å². The Hall–Kier alpha value is -0.0900. The van der Waals surface area contributed by atoms with E-state index in [1.807, 2.05) is 6.92 Å². The summed E-state index contributed by atoms with van der Waals surface area (Å²) in [5.74, 6) is 0.349. The lowest BCUT2D eigenvalue weighted by Crippen LogP contribution is -2.47. The van der Waals surface area contributed by atoms with Gasteiger partial charge in [-0.15, -0.1) is 0 Å². The second-order valence-electron chi connectivity index (χ2n) is 4.75. The highest BCUT2D eigenvalue weighted by atomic mass is 32.2. The quantitative estimate of drug-likeness (QED) is 0.782. The van der Waals surface area contributed by atoms with E-state index in [0.29, 0.717) is 5.75 Å². The summed E-state index contributed by atoms with van der Waals surface area (Å²) in [6.45, 7) is 4.99. The lowest BCUT2D eigenvalue weighted by molar-refractivity contribution is 0.371. The number of hydrogen-bond acceptors (Lipinski definition) is 3. The van der Waals surface area contributed by atoms with Crippen LogP contribution in [-0.4, -0.2) is 32.0 Å². The van der Waals surface area contributed by atoms with E-state index >= 15 is 0 Å². The van der Waals surface area contributed by atoms with Crippen molar-refractivity contribution in [2.45, 2.75) is 63.7 Å². The SMILES string of the molecule is CCCNC1CCCCC1S(=O)(=O)CCC. The van der Waals surface area contributed by atoms with Crippen LogP contribution in [-0.2, 0) is 9.84 Å². The summed E-state index contributed by atoms with van der Waals surface area (Å²) in [6.07, 6.45) is 5.91. The maximum Gasteiger partial charge on any atom is 0.154 e. The lowest BCUT2D eigenvalue weighted by Gasteiger charge is -2.31. The van der Waals surface area contributed by atoms with Crippen LogP contribution in [0.25, 0.3) is 0 Å². The zero-order chi connectivity index (χ0) is 12.0. The first-order valence-corrected chi connectivity index (χ1v) is 8.28. The maximum atomic E-state index is 12.1. The van der Waals surface area contributed by atoms with Gasteiger partial charge in [-0.2, -0.15) is 0 Å². The van der Waals surface area contributed by atoms with Crippen LogP contribution in [0.4, 0.5) is 0 Å². The minimum Gasteiger partial charge on any atom is -0.313 e. The molecule has 4 heteroatoms. The average molecular weight is 247 g/mol. The molecular formula is C12H25NO2S. The molecule has 0 aromatic carbocycles. The minimum atomic E-state index is -2.88. The van der Waals surface area contributed by atoms with Gasteiger partial charge in [0.1, 0.15) is 0 Å². The van der Waals surface area contributed by atoms with E-state index in [9.17, 15) is 8.42 Å². The van der Waals surface area contributed by atoms with Gasteiger partial charge >= 0.3 is 0 Å². The number of rotatable bonds is 6. The lowest BCUT2D eigenvalue weighted by atomic mass is 9.95. The fraction of sp³-hybridized carbons (Fsp3) is 1.00. The Kier molecular flexibility index (Phi) is 5.76. The van der Waals surface area contributed by atoms with Crippen molar-refractivity contribution in [2.24, 2.45) is 0 Å². The van der Waals surface area contributed by atoms with Gasteiger partial charge in [-0.05, 0) is 32.2 Å². The Labute approximate surface area is 99.9 Å². The van der Waals surface area contributed by atoms with Crippen molar-refractivity contribution >= 4 is 9.84 Å². The summed E-state index contributed by atoms with van der Waals surface area (Å²) in [5.41, 5.74) is 0. The van der Waals surface area contributed by atoms with Crippen molar-refractivity contribution in [2.75, 3.05) is 12.3 Å². The van der Waals surface area contributed by atoms with Crippen LogP contribution in [0.3, 0.4) is 0 Å². The highest BCUT2D eigenvalue weighted by molar-refractivity contribution is 7.92. The Morgan fingerprint density at radius 2 is 1.81 bits per heavy atom. The van der Waals surface area contributed by atoms with Gasteiger partial charge in [-0.25, -0.2) is 8.42 Å². The zero-order valence-electron chi connectivity index (χ0n) is 10.5. The molecular weight excluding hydrogens is 222 g/mol. The molecule has 0 saturated heterocycles. The van der Waals surface area contributed by atoms with E-state index in [4.69, 9.17) is 0 Å². The highest BCUT2D eigenvalue weighted by Crippen LogP contribution is 2.25. The van der Waals surface area contributed by atoms with E-state index < -0.39 is 9.84 Å². The summed E-state index contributed by atoms with van der Waals surface area (Å²) < 4.78 is 24.2. The first kappa shape index (κ1) is 14.0. The molecule has 2 unspecified atom stereocenters. The molecule has 1 saturated carbocycles. The fourth-order valence-electron chi connectivity index (χ4n) is 2.53. The van der Waals surface area contributed by atoms with Crippen LogP contribution in [0, 0.1) is 0 Å². The highest BCUT2D eigenvalue weighted by Gasteiger charge is 2.34. The van der Waals surface area contributed by atoms with Crippen LogP contribution in [0.2, 0.25) is 0 Å². The van der Waals surface area contributed by atoms with Crippen molar-refractivity contribution in [1.29, 1.82) is 0 Å². The third kappa shape index (κ3) is 3.74. The molecule has 0 spiro atoms. The summed E-state index contributed by atoms with van der Waals surface area (Å²) >= 11 is 0. The molecule has 0 radical (unpaired) electrons. The molecule has 1 aliphatic carbocycles. The molecule has 1 aliphatic rings. The predicted molar refractivity (Wildman–Crippen MR) is 68.4 cm³/mol. The van der Waals surface area contributed by atoms with Crippen molar-refractivity contribution in [3.05, 3.63) is 0 Å². The van der Waals surface area contributed by atoms with Gasteiger partial charge in [0.2, 0.25) is 0 Å². The molecule has 16 heavy (non-hydrogen) atoms. The van der Waals surface area contributed by atoms with Gasteiger partial charge in [-0.1, -0.05) is 26.7 Å². The van der Waals surface area contributed by atoms with E-state index in [0.717, 1.165) is 38.6 Å². The van der Waals surface area contributed by atoms with Crippen LogP contribution >= 0.6 is 0 Å². The fourth-order valence-corrected chi connectivity index (χ4v) is 4.66. The summed E-state index contributed by atoms with van der Waals surface area (Å²) in [7, 11) is -2.88. The van der Waals surface area contributed by atoms with Gasteiger partial charge < -0.3 is 5.32 Å². The Bertz CT molecular complexity index is 287. The van der Waals surface area contributed by atoms with E-state index in [-0.39, 0.29) is 11.3 Å². The van der Waals surface area contributed by atoms with Crippen LogP contribution in [0.15, 0.2) is 0 Å². The van der Waals surface area contributed by atoms with Crippen LogP contribution < -0.4 is 5.32 Å². The summed E-state index contributed by atoms with van der Waals surface area (Å²) in [4.78, 5) is 0. The van der Waals surface area contributed by atoms with E-state index in [2.05, 4.69) is 12.2 Å². The number of hydrogen-bond donors (Lipinski definition) is 1.